The van der Waals surface area contributed by atoms with E-state index in [1.165, 1.54) is 18.4 Å². The molecule has 132 valence electrons. The molecule has 1 aliphatic heterocycles. The lowest BCUT2D eigenvalue weighted by molar-refractivity contribution is 0.0952. The van der Waals surface area contributed by atoms with Crippen LogP contribution >= 0.6 is 0 Å². The van der Waals surface area contributed by atoms with Gasteiger partial charge in [-0.15, -0.1) is 12.3 Å². The van der Waals surface area contributed by atoms with Gasteiger partial charge in [0, 0.05) is 44.0 Å². The van der Waals surface area contributed by atoms with Crippen LogP contribution in [0.15, 0.2) is 34.5 Å². The third kappa shape index (κ3) is 4.90. The highest BCUT2D eigenvalue weighted by atomic mass is 16.1. The second kappa shape index (κ2) is 7.79. The summed E-state index contributed by atoms with van der Waals surface area (Å²) in [6, 6.07) is 8.68. The number of amides is 1. The fourth-order valence-electron chi connectivity index (χ4n) is 3.08. The van der Waals surface area contributed by atoms with E-state index in [2.05, 4.69) is 45.4 Å². The van der Waals surface area contributed by atoms with E-state index < -0.39 is 0 Å². The summed E-state index contributed by atoms with van der Waals surface area (Å²) in [5.41, 5.74) is 1.62. The Morgan fingerprint density at radius 2 is 2.04 bits per heavy atom. The van der Waals surface area contributed by atoms with Gasteiger partial charge in [0.25, 0.3) is 5.91 Å². The quantitative estimate of drug-likeness (QED) is 0.665. The van der Waals surface area contributed by atoms with Gasteiger partial charge < -0.3 is 5.32 Å². The number of carbonyl (C=O) groups excluding carboxylic acids is 1. The minimum atomic E-state index is -0.337. The third-order valence-corrected chi connectivity index (χ3v) is 4.93. The summed E-state index contributed by atoms with van der Waals surface area (Å²) < 4.78 is 0. The van der Waals surface area contributed by atoms with Crippen molar-refractivity contribution in [3.05, 3.63) is 35.4 Å². The number of benzene rings is 1. The predicted octanol–water partition coefficient (Wildman–Crippen LogP) is 3.37. The van der Waals surface area contributed by atoms with Crippen molar-refractivity contribution in [2.45, 2.75) is 57.3 Å². The number of terminal acetylenes is 1. The van der Waals surface area contributed by atoms with Crippen LogP contribution in [0.2, 0.25) is 0 Å². The van der Waals surface area contributed by atoms with Gasteiger partial charge in [-0.1, -0.05) is 19.1 Å². The van der Waals surface area contributed by atoms with Gasteiger partial charge >= 0.3 is 0 Å². The summed E-state index contributed by atoms with van der Waals surface area (Å²) in [6.45, 7) is 4.80. The molecule has 1 N–H and O–H groups in total. The Hall–Kier alpha value is -2.19. The summed E-state index contributed by atoms with van der Waals surface area (Å²) in [6.07, 6.45) is 10.1. The molecule has 2 aliphatic rings. The lowest BCUT2D eigenvalue weighted by Crippen LogP contribution is -2.28. The first-order valence-electron chi connectivity index (χ1n) is 9.14. The number of hydrogen-bond acceptors (Lipinski definition) is 4. The van der Waals surface area contributed by atoms with Crippen LogP contribution in [0, 0.1) is 12.3 Å². The van der Waals surface area contributed by atoms with Gasteiger partial charge in [0.15, 0.2) is 5.66 Å². The second-order valence-corrected chi connectivity index (χ2v) is 6.88. The molecule has 5 heteroatoms. The standard InChI is InChI=1S/C20H26N4O/c1-3-5-12-20(22-23-20)13-14-21-19(25)17-8-6-16(7-9-17)15-24(4-2)18-10-11-18/h1,6-9,18H,4-5,10-15H2,2H3,(H,21,25). The van der Waals surface area contributed by atoms with Gasteiger partial charge in [-0.05, 0) is 37.1 Å². The summed E-state index contributed by atoms with van der Waals surface area (Å²) in [5.74, 6) is 2.56. The van der Waals surface area contributed by atoms with Crippen LogP contribution in [0.1, 0.15) is 54.9 Å². The maximum Gasteiger partial charge on any atom is 0.251 e. The first-order chi connectivity index (χ1) is 12.2. The molecule has 0 radical (unpaired) electrons. The van der Waals surface area contributed by atoms with E-state index in [1.807, 2.05) is 12.1 Å². The molecule has 0 spiro atoms. The van der Waals surface area contributed by atoms with Crippen molar-refractivity contribution in [3.63, 3.8) is 0 Å². The van der Waals surface area contributed by atoms with Crippen molar-refractivity contribution < 1.29 is 4.79 Å². The minimum absolute atomic E-state index is 0.0474. The van der Waals surface area contributed by atoms with Crippen LogP contribution in [-0.2, 0) is 6.54 Å². The Kier molecular flexibility index (Phi) is 5.50. The maximum atomic E-state index is 12.3. The van der Waals surface area contributed by atoms with Crippen molar-refractivity contribution in [2.75, 3.05) is 13.1 Å². The molecule has 5 nitrogen and oxygen atoms in total. The number of rotatable bonds is 10. The molecule has 1 aromatic carbocycles. The molecule has 1 saturated carbocycles. The zero-order valence-electron chi connectivity index (χ0n) is 14.9. The van der Waals surface area contributed by atoms with Gasteiger partial charge in [0.2, 0.25) is 0 Å². The van der Waals surface area contributed by atoms with E-state index in [0.29, 0.717) is 24.9 Å². The number of hydrogen-bond donors (Lipinski definition) is 1. The molecule has 1 aromatic rings. The fraction of sp³-hybridized carbons (Fsp3) is 0.550. The Morgan fingerprint density at radius 3 is 2.60 bits per heavy atom. The second-order valence-electron chi connectivity index (χ2n) is 6.88. The molecule has 0 bridgehead atoms. The largest absolute Gasteiger partial charge is 0.352 e. The van der Waals surface area contributed by atoms with Crippen LogP contribution in [0.25, 0.3) is 0 Å². The summed E-state index contributed by atoms with van der Waals surface area (Å²) in [4.78, 5) is 14.8. The Bertz CT molecular complexity index is 664. The summed E-state index contributed by atoms with van der Waals surface area (Å²) in [5, 5.41) is 11.1. The first kappa shape index (κ1) is 17.6. The molecule has 1 aliphatic carbocycles. The van der Waals surface area contributed by atoms with Crippen molar-refractivity contribution in [3.8, 4) is 12.3 Å². The van der Waals surface area contributed by atoms with E-state index >= 15 is 0 Å². The average molecular weight is 338 g/mol. The highest BCUT2D eigenvalue weighted by Crippen LogP contribution is 2.36. The molecule has 0 atom stereocenters. The lowest BCUT2D eigenvalue weighted by Gasteiger charge is -2.19. The first-order valence-corrected chi connectivity index (χ1v) is 9.14. The molecule has 1 fully saturated rings. The summed E-state index contributed by atoms with van der Waals surface area (Å²) in [7, 11) is 0. The minimum Gasteiger partial charge on any atom is -0.352 e. The van der Waals surface area contributed by atoms with Crippen LogP contribution in [0.3, 0.4) is 0 Å². The van der Waals surface area contributed by atoms with Gasteiger partial charge in [-0.2, -0.15) is 10.2 Å². The zero-order valence-corrected chi connectivity index (χ0v) is 14.9. The fourth-order valence-corrected chi connectivity index (χ4v) is 3.08. The highest BCUT2D eigenvalue weighted by Gasteiger charge is 2.38. The number of nitrogens with one attached hydrogen (secondary N) is 1. The topological polar surface area (TPSA) is 57.1 Å². The highest BCUT2D eigenvalue weighted by molar-refractivity contribution is 5.94. The van der Waals surface area contributed by atoms with E-state index in [4.69, 9.17) is 6.42 Å². The normalized spacial score (nSPS) is 17.3. The molecule has 3 rings (SSSR count). The molecule has 1 amide bonds. The molecule has 0 saturated heterocycles. The summed E-state index contributed by atoms with van der Waals surface area (Å²) >= 11 is 0. The van der Waals surface area contributed by atoms with E-state index in [-0.39, 0.29) is 11.6 Å². The van der Waals surface area contributed by atoms with Gasteiger partial charge in [0.1, 0.15) is 0 Å². The van der Waals surface area contributed by atoms with Crippen LogP contribution in [0.5, 0.6) is 0 Å². The zero-order chi connectivity index (χ0) is 17.7. The maximum absolute atomic E-state index is 12.3. The van der Waals surface area contributed by atoms with Crippen molar-refractivity contribution in [1.29, 1.82) is 0 Å². The Balaban J connectivity index is 1.44. The number of nitrogens with zero attached hydrogens (tertiary/aromatic N) is 3. The Morgan fingerprint density at radius 1 is 1.32 bits per heavy atom. The number of carbonyl (C=O) groups is 1. The SMILES string of the molecule is C#CCCC1(CCNC(=O)c2ccc(CN(CC)C3CC3)cc2)N=N1. The molecule has 25 heavy (non-hydrogen) atoms. The lowest BCUT2D eigenvalue weighted by atomic mass is 10.0. The van der Waals surface area contributed by atoms with Crippen molar-refractivity contribution in [2.24, 2.45) is 10.2 Å². The van der Waals surface area contributed by atoms with Crippen LogP contribution in [-0.4, -0.2) is 35.6 Å². The smallest absolute Gasteiger partial charge is 0.251 e. The van der Waals surface area contributed by atoms with E-state index in [1.54, 1.807) is 0 Å². The molecular formula is C20H26N4O. The molecular weight excluding hydrogens is 312 g/mol. The van der Waals surface area contributed by atoms with Crippen molar-refractivity contribution >= 4 is 5.91 Å². The predicted molar refractivity (Wildman–Crippen MR) is 98.2 cm³/mol. The monoisotopic (exact) mass is 338 g/mol. The van der Waals surface area contributed by atoms with Gasteiger partial charge in [-0.25, -0.2) is 0 Å². The van der Waals surface area contributed by atoms with E-state index in [0.717, 1.165) is 25.6 Å². The van der Waals surface area contributed by atoms with Crippen LogP contribution < -0.4 is 5.32 Å². The average Bonchev–Trinajstić information content (AvgIpc) is 3.54. The molecule has 1 heterocycles. The van der Waals surface area contributed by atoms with Gasteiger partial charge in [-0.3, -0.25) is 9.69 Å². The van der Waals surface area contributed by atoms with Gasteiger partial charge in [0.05, 0.1) is 0 Å². The third-order valence-electron chi connectivity index (χ3n) is 4.93. The molecule has 0 aromatic heterocycles. The molecule has 0 unspecified atom stereocenters. The van der Waals surface area contributed by atoms with Crippen molar-refractivity contribution in [1.82, 2.24) is 10.2 Å². The Labute approximate surface area is 149 Å². The van der Waals surface area contributed by atoms with Crippen LogP contribution in [0.4, 0.5) is 0 Å². The van der Waals surface area contributed by atoms with E-state index in [9.17, 15) is 4.79 Å².